The molecule has 0 radical (unpaired) electrons. The molecule has 0 aromatic heterocycles. The summed E-state index contributed by atoms with van der Waals surface area (Å²) in [6, 6.07) is 8.15. The van der Waals surface area contributed by atoms with E-state index in [-0.39, 0.29) is 5.24 Å². The van der Waals surface area contributed by atoms with Crippen LogP contribution >= 0.6 is 11.8 Å². The maximum atomic E-state index is 11.8. The Morgan fingerprint density at radius 1 is 1.40 bits per heavy atom. The molecule has 0 spiro atoms. The van der Waals surface area contributed by atoms with Crippen molar-refractivity contribution >= 4 is 17.0 Å². The molecule has 3 heteroatoms. The Balaban J connectivity index is 2.11. The Kier molecular flexibility index (Phi) is 3.31. The normalized spacial score (nSPS) is 15.3. The first-order valence-electron chi connectivity index (χ1n) is 5.36. The van der Waals surface area contributed by atoms with Crippen LogP contribution in [0.2, 0.25) is 0 Å². The zero-order valence-corrected chi connectivity index (χ0v) is 9.72. The summed E-state index contributed by atoms with van der Waals surface area (Å²) in [5, 5.41) is 0.196. The number of amides is 1. The summed E-state index contributed by atoms with van der Waals surface area (Å²) >= 11 is 1.36. The van der Waals surface area contributed by atoms with Crippen molar-refractivity contribution in [2.45, 2.75) is 31.2 Å². The maximum absolute atomic E-state index is 11.8. The predicted octanol–water partition coefficient (Wildman–Crippen LogP) is 3.51. The zero-order chi connectivity index (χ0) is 10.7. The Labute approximate surface area is 94.7 Å². The highest BCUT2D eigenvalue weighted by Gasteiger charge is 2.22. The number of hydrogen-bond donors (Lipinski definition) is 0. The van der Waals surface area contributed by atoms with Crippen LogP contribution in [0.3, 0.4) is 0 Å². The summed E-state index contributed by atoms with van der Waals surface area (Å²) in [5.74, 6) is 0. The zero-order valence-electron chi connectivity index (χ0n) is 8.90. The van der Waals surface area contributed by atoms with Crippen LogP contribution in [-0.4, -0.2) is 16.7 Å². The molecule has 0 bridgehead atoms. The van der Waals surface area contributed by atoms with Gasteiger partial charge >= 0.3 is 0 Å². The van der Waals surface area contributed by atoms with E-state index >= 15 is 0 Å². The molecule has 0 fully saturated rings. The molecule has 1 aromatic rings. The molecule has 0 saturated carbocycles. The van der Waals surface area contributed by atoms with Crippen molar-refractivity contribution in [3.63, 3.8) is 0 Å². The number of hydrogen-bond acceptors (Lipinski definition) is 2. The molecule has 2 rings (SSSR count). The van der Waals surface area contributed by atoms with Gasteiger partial charge in [-0.25, -0.2) is 0 Å². The van der Waals surface area contributed by atoms with Gasteiger partial charge in [0.2, 0.25) is 0 Å². The van der Waals surface area contributed by atoms with E-state index in [0.29, 0.717) is 0 Å². The minimum Gasteiger partial charge on any atom is -0.329 e. The highest BCUT2D eigenvalue weighted by atomic mass is 32.2. The quantitative estimate of drug-likeness (QED) is 0.778. The molecule has 1 amide bonds. The second kappa shape index (κ2) is 4.71. The van der Waals surface area contributed by atoms with Crippen molar-refractivity contribution in [1.82, 2.24) is 4.90 Å². The van der Waals surface area contributed by atoms with Gasteiger partial charge in [-0.3, -0.25) is 4.79 Å². The molecule has 1 heterocycles. The molecule has 1 aromatic carbocycles. The van der Waals surface area contributed by atoms with Crippen LogP contribution in [0.15, 0.2) is 29.2 Å². The summed E-state index contributed by atoms with van der Waals surface area (Å²) in [6.07, 6.45) is 2.23. The lowest BCUT2D eigenvalue weighted by atomic mass is 10.2. The molecule has 1 aliphatic heterocycles. The average molecular weight is 221 g/mol. The molecule has 1 aliphatic rings. The minimum atomic E-state index is 0.196. The summed E-state index contributed by atoms with van der Waals surface area (Å²) in [5.41, 5.74) is 1.28. The van der Waals surface area contributed by atoms with Crippen molar-refractivity contribution in [2.24, 2.45) is 0 Å². The first kappa shape index (κ1) is 10.6. The van der Waals surface area contributed by atoms with Gasteiger partial charge in [0.05, 0.1) is 0 Å². The van der Waals surface area contributed by atoms with Crippen molar-refractivity contribution in [3.05, 3.63) is 29.8 Å². The van der Waals surface area contributed by atoms with Gasteiger partial charge in [-0.1, -0.05) is 31.5 Å². The SMILES string of the molecule is CCCCN1Cc2ccccc2SC1=O. The number of unbranched alkanes of at least 4 members (excludes halogenated alkanes) is 1. The fourth-order valence-corrected chi connectivity index (χ4v) is 2.57. The van der Waals surface area contributed by atoms with E-state index in [1.54, 1.807) is 0 Å². The number of fused-ring (bicyclic) bond motifs is 1. The standard InChI is InChI=1S/C12H15NOS/c1-2-3-8-13-9-10-6-4-5-7-11(10)15-12(13)14/h4-7H,2-3,8-9H2,1H3. The number of rotatable bonds is 3. The number of thioether (sulfide) groups is 1. The molecule has 15 heavy (non-hydrogen) atoms. The van der Waals surface area contributed by atoms with Gasteiger partial charge in [-0.2, -0.15) is 0 Å². The third kappa shape index (κ3) is 2.34. The Bertz CT molecular complexity index is 364. The van der Waals surface area contributed by atoms with Crippen molar-refractivity contribution in [1.29, 1.82) is 0 Å². The van der Waals surface area contributed by atoms with Gasteiger partial charge < -0.3 is 4.90 Å². The molecular weight excluding hydrogens is 206 g/mol. The van der Waals surface area contributed by atoms with Gasteiger partial charge in [0.25, 0.3) is 5.24 Å². The lowest BCUT2D eigenvalue weighted by Gasteiger charge is -2.27. The third-order valence-corrected chi connectivity index (χ3v) is 3.62. The highest BCUT2D eigenvalue weighted by Crippen LogP contribution is 2.31. The third-order valence-electron chi connectivity index (χ3n) is 2.57. The summed E-state index contributed by atoms with van der Waals surface area (Å²) in [7, 11) is 0. The Morgan fingerprint density at radius 2 is 2.20 bits per heavy atom. The second-order valence-electron chi connectivity index (χ2n) is 3.75. The van der Waals surface area contributed by atoms with E-state index in [4.69, 9.17) is 0 Å². The summed E-state index contributed by atoms with van der Waals surface area (Å²) < 4.78 is 0. The lowest BCUT2D eigenvalue weighted by molar-refractivity contribution is 0.218. The second-order valence-corrected chi connectivity index (χ2v) is 4.74. The Morgan fingerprint density at radius 3 is 3.00 bits per heavy atom. The van der Waals surface area contributed by atoms with Crippen LogP contribution in [0.4, 0.5) is 4.79 Å². The number of nitrogens with zero attached hydrogens (tertiary/aromatic N) is 1. The smallest absolute Gasteiger partial charge is 0.286 e. The summed E-state index contributed by atoms with van der Waals surface area (Å²) in [6.45, 7) is 3.81. The number of benzene rings is 1. The number of carbonyl (C=O) groups is 1. The minimum absolute atomic E-state index is 0.196. The van der Waals surface area contributed by atoms with Gasteiger partial charge in [-0.15, -0.1) is 0 Å². The van der Waals surface area contributed by atoms with Crippen LogP contribution in [-0.2, 0) is 6.54 Å². The van der Waals surface area contributed by atoms with E-state index in [2.05, 4.69) is 13.0 Å². The van der Waals surface area contributed by atoms with Gasteiger partial charge in [0, 0.05) is 18.0 Å². The maximum Gasteiger partial charge on any atom is 0.286 e. The van der Waals surface area contributed by atoms with E-state index in [0.717, 1.165) is 30.8 Å². The molecule has 0 aliphatic carbocycles. The Hall–Kier alpha value is -0.960. The van der Waals surface area contributed by atoms with Crippen molar-refractivity contribution in [3.8, 4) is 0 Å². The van der Waals surface area contributed by atoms with Crippen LogP contribution in [0.5, 0.6) is 0 Å². The van der Waals surface area contributed by atoms with Gasteiger partial charge in [-0.05, 0) is 29.8 Å². The van der Waals surface area contributed by atoms with E-state index in [9.17, 15) is 4.79 Å². The van der Waals surface area contributed by atoms with Crippen molar-refractivity contribution < 1.29 is 4.79 Å². The van der Waals surface area contributed by atoms with Crippen LogP contribution in [0, 0.1) is 0 Å². The highest BCUT2D eigenvalue weighted by molar-refractivity contribution is 8.13. The molecule has 2 nitrogen and oxygen atoms in total. The van der Waals surface area contributed by atoms with E-state index in [1.807, 2.05) is 23.1 Å². The molecule has 0 saturated heterocycles. The van der Waals surface area contributed by atoms with Crippen LogP contribution in [0.25, 0.3) is 0 Å². The lowest BCUT2D eigenvalue weighted by Crippen LogP contribution is -2.31. The van der Waals surface area contributed by atoms with Crippen LogP contribution < -0.4 is 0 Å². The molecular formula is C12H15NOS. The largest absolute Gasteiger partial charge is 0.329 e. The van der Waals surface area contributed by atoms with E-state index in [1.165, 1.54) is 17.3 Å². The topological polar surface area (TPSA) is 20.3 Å². The monoisotopic (exact) mass is 221 g/mol. The first-order valence-corrected chi connectivity index (χ1v) is 6.17. The van der Waals surface area contributed by atoms with Crippen molar-refractivity contribution in [2.75, 3.05) is 6.54 Å². The first-order chi connectivity index (χ1) is 7.31. The molecule has 0 atom stereocenters. The average Bonchev–Trinajstić information content (AvgIpc) is 2.26. The van der Waals surface area contributed by atoms with Gasteiger partial charge in [0.15, 0.2) is 0 Å². The fraction of sp³-hybridized carbons (Fsp3) is 0.417. The molecule has 0 unspecified atom stereocenters. The molecule has 0 N–H and O–H groups in total. The predicted molar refractivity (Wildman–Crippen MR) is 63.0 cm³/mol. The van der Waals surface area contributed by atoms with Gasteiger partial charge in [0.1, 0.15) is 0 Å². The summed E-state index contributed by atoms with van der Waals surface area (Å²) in [4.78, 5) is 14.8. The van der Waals surface area contributed by atoms with E-state index < -0.39 is 0 Å². The molecule has 80 valence electrons. The fourth-order valence-electron chi connectivity index (χ4n) is 1.68. The van der Waals surface area contributed by atoms with Crippen LogP contribution in [0.1, 0.15) is 25.3 Å². The number of carbonyl (C=O) groups excluding carboxylic acids is 1.